The molecule has 6 heteroatoms. The first-order chi connectivity index (χ1) is 9.35. The van der Waals surface area contributed by atoms with E-state index >= 15 is 0 Å². The highest BCUT2D eigenvalue weighted by molar-refractivity contribution is 5.97. The standard InChI is InChI=1S/C14H15F2NO3/c1-8(2)6-12(14(19)20-3)17-13(18)10-5-4-9(15)7-11(10)16/h4-5,7,12H,1,6H2,2-3H3,(H,17,18)/t12-/m1/s1. The number of rotatable bonds is 5. The number of esters is 1. The van der Waals surface area contributed by atoms with Crippen LogP contribution < -0.4 is 5.32 Å². The summed E-state index contributed by atoms with van der Waals surface area (Å²) in [7, 11) is 1.18. The lowest BCUT2D eigenvalue weighted by Gasteiger charge is -2.16. The lowest BCUT2D eigenvalue weighted by Crippen LogP contribution is -2.42. The van der Waals surface area contributed by atoms with Gasteiger partial charge in [0.15, 0.2) is 0 Å². The molecule has 0 aliphatic heterocycles. The van der Waals surface area contributed by atoms with Gasteiger partial charge >= 0.3 is 5.97 Å². The molecule has 1 rings (SSSR count). The lowest BCUT2D eigenvalue weighted by molar-refractivity contribution is -0.142. The van der Waals surface area contributed by atoms with Crippen LogP contribution in [0.15, 0.2) is 30.4 Å². The minimum absolute atomic E-state index is 0.168. The van der Waals surface area contributed by atoms with Gasteiger partial charge in [0.1, 0.15) is 17.7 Å². The molecule has 0 saturated heterocycles. The number of carbonyl (C=O) groups is 2. The van der Waals surface area contributed by atoms with Crippen molar-refractivity contribution < 1.29 is 23.1 Å². The fourth-order valence-corrected chi connectivity index (χ4v) is 1.59. The maximum atomic E-state index is 13.5. The van der Waals surface area contributed by atoms with Crippen molar-refractivity contribution in [2.24, 2.45) is 0 Å². The number of hydrogen-bond donors (Lipinski definition) is 1. The molecule has 0 radical (unpaired) electrons. The average Bonchev–Trinajstić information content (AvgIpc) is 2.36. The van der Waals surface area contributed by atoms with Gasteiger partial charge in [0.2, 0.25) is 0 Å². The molecule has 0 aromatic heterocycles. The van der Waals surface area contributed by atoms with Gasteiger partial charge in [-0.3, -0.25) is 4.79 Å². The molecule has 1 N–H and O–H groups in total. The maximum absolute atomic E-state index is 13.5. The molecule has 0 aliphatic rings. The zero-order valence-corrected chi connectivity index (χ0v) is 11.2. The van der Waals surface area contributed by atoms with Gasteiger partial charge in [0.05, 0.1) is 12.7 Å². The van der Waals surface area contributed by atoms with E-state index in [9.17, 15) is 18.4 Å². The summed E-state index contributed by atoms with van der Waals surface area (Å²) in [5.41, 5.74) is 0.308. The number of ether oxygens (including phenoxy) is 1. The van der Waals surface area contributed by atoms with Gasteiger partial charge in [0.25, 0.3) is 5.91 Å². The molecule has 0 fully saturated rings. The Hall–Kier alpha value is -2.24. The van der Waals surface area contributed by atoms with Gasteiger partial charge in [0, 0.05) is 6.07 Å². The Kier molecular flexibility index (Phi) is 5.37. The van der Waals surface area contributed by atoms with Crippen molar-refractivity contribution in [1.82, 2.24) is 5.32 Å². The summed E-state index contributed by atoms with van der Waals surface area (Å²) in [4.78, 5) is 23.4. The molecule has 0 bridgehead atoms. The normalized spacial score (nSPS) is 11.6. The third kappa shape index (κ3) is 4.15. The summed E-state index contributed by atoms with van der Waals surface area (Å²) in [5, 5.41) is 2.34. The largest absolute Gasteiger partial charge is 0.467 e. The fraction of sp³-hybridized carbons (Fsp3) is 0.286. The van der Waals surface area contributed by atoms with Gasteiger partial charge in [-0.25, -0.2) is 13.6 Å². The van der Waals surface area contributed by atoms with E-state index in [1.54, 1.807) is 6.92 Å². The number of amides is 1. The molecule has 1 aromatic rings. The molecule has 20 heavy (non-hydrogen) atoms. The molecular formula is C14H15F2NO3. The van der Waals surface area contributed by atoms with E-state index < -0.39 is 29.6 Å². The lowest BCUT2D eigenvalue weighted by atomic mass is 10.1. The summed E-state index contributed by atoms with van der Waals surface area (Å²) in [6.45, 7) is 5.32. The molecule has 0 aliphatic carbocycles. The number of nitrogens with one attached hydrogen (secondary N) is 1. The third-order valence-corrected chi connectivity index (χ3v) is 2.52. The minimum Gasteiger partial charge on any atom is -0.467 e. The highest BCUT2D eigenvalue weighted by Gasteiger charge is 2.23. The van der Waals surface area contributed by atoms with Crippen LogP contribution in [-0.4, -0.2) is 25.0 Å². The van der Waals surface area contributed by atoms with Gasteiger partial charge in [-0.05, 0) is 25.5 Å². The van der Waals surface area contributed by atoms with E-state index in [2.05, 4.69) is 16.6 Å². The van der Waals surface area contributed by atoms with Crippen molar-refractivity contribution >= 4 is 11.9 Å². The molecule has 0 unspecified atom stereocenters. The highest BCUT2D eigenvalue weighted by Crippen LogP contribution is 2.11. The van der Waals surface area contributed by atoms with E-state index in [0.29, 0.717) is 11.6 Å². The molecule has 1 atom stereocenters. The number of carbonyl (C=O) groups excluding carboxylic acids is 2. The Balaban J connectivity index is 2.90. The summed E-state index contributed by atoms with van der Waals surface area (Å²) >= 11 is 0. The van der Waals surface area contributed by atoms with Crippen molar-refractivity contribution in [3.63, 3.8) is 0 Å². The molecule has 108 valence electrons. The second-order valence-electron chi connectivity index (χ2n) is 4.33. The molecule has 0 spiro atoms. The SMILES string of the molecule is C=C(C)C[C@@H](NC(=O)c1ccc(F)cc1F)C(=O)OC. The van der Waals surface area contributed by atoms with Gasteiger partial charge in [-0.15, -0.1) is 6.58 Å². The first kappa shape index (κ1) is 15.8. The zero-order chi connectivity index (χ0) is 15.3. The Morgan fingerprint density at radius 3 is 2.55 bits per heavy atom. The second-order valence-corrected chi connectivity index (χ2v) is 4.33. The molecule has 0 heterocycles. The van der Waals surface area contributed by atoms with Gasteiger partial charge in [-0.2, -0.15) is 0 Å². The highest BCUT2D eigenvalue weighted by atomic mass is 19.1. The number of benzene rings is 1. The summed E-state index contributed by atoms with van der Waals surface area (Å²) in [5.74, 6) is -3.27. The second kappa shape index (κ2) is 6.79. The minimum atomic E-state index is -0.999. The van der Waals surface area contributed by atoms with Crippen molar-refractivity contribution in [3.8, 4) is 0 Å². The van der Waals surface area contributed by atoms with E-state index in [1.165, 1.54) is 7.11 Å². The topological polar surface area (TPSA) is 55.4 Å². The Bertz CT molecular complexity index is 543. The van der Waals surface area contributed by atoms with Gasteiger partial charge in [-0.1, -0.05) is 5.57 Å². The number of methoxy groups -OCH3 is 1. The zero-order valence-electron chi connectivity index (χ0n) is 11.2. The maximum Gasteiger partial charge on any atom is 0.328 e. The smallest absolute Gasteiger partial charge is 0.328 e. The number of halogens is 2. The van der Waals surface area contributed by atoms with Crippen molar-refractivity contribution in [2.45, 2.75) is 19.4 Å². The quantitative estimate of drug-likeness (QED) is 0.666. The van der Waals surface area contributed by atoms with Crippen LogP contribution in [-0.2, 0) is 9.53 Å². The Labute approximate surface area is 115 Å². The van der Waals surface area contributed by atoms with Gasteiger partial charge < -0.3 is 10.1 Å². The van der Waals surface area contributed by atoms with E-state index in [1.807, 2.05) is 0 Å². The van der Waals surface area contributed by atoms with Crippen LogP contribution in [0.5, 0.6) is 0 Å². The molecular weight excluding hydrogens is 268 g/mol. The summed E-state index contributed by atoms with van der Waals surface area (Å²) < 4.78 is 30.8. The monoisotopic (exact) mass is 283 g/mol. The average molecular weight is 283 g/mol. The molecule has 4 nitrogen and oxygen atoms in total. The van der Waals surface area contributed by atoms with Crippen LogP contribution in [0.25, 0.3) is 0 Å². The van der Waals surface area contributed by atoms with E-state index in [0.717, 1.165) is 12.1 Å². The van der Waals surface area contributed by atoms with E-state index in [-0.39, 0.29) is 12.0 Å². The van der Waals surface area contributed by atoms with Crippen LogP contribution in [0.2, 0.25) is 0 Å². The van der Waals surface area contributed by atoms with Crippen molar-refractivity contribution in [2.75, 3.05) is 7.11 Å². The first-order valence-corrected chi connectivity index (χ1v) is 5.83. The fourth-order valence-electron chi connectivity index (χ4n) is 1.59. The first-order valence-electron chi connectivity index (χ1n) is 5.83. The molecule has 1 aromatic carbocycles. The molecule has 0 saturated carbocycles. The summed E-state index contributed by atoms with van der Waals surface area (Å²) in [6, 6.07) is 1.61. The van der Waals surface area contributed by atoms with Crippen LogP contribution in [0.4, 0.5) is 8.78 Å². The van der Waals surface area contributed by atoms with Crippen LogP contribution in [0.1, 0.15) is 23.7 Å². The molecule has 1 amide bonds. The van der Waals surface area contributed by atoms with Crippen LogP contribution in [0, 0.1) is 11.6 Å². The van der Waals surface area contributed by atoms with Crippen LogP contribution in [0.3, 0.4) is 0 Å². The van der Waals surface area contributed by atoms with Crippen LogP contribution >= 0.6 is 0 Å². The van der Waals surface area contributed by atoms with Crippen molar-refractivity contribution in [3.05, 3.63) is 47.5 Å². The Morgan fingerprint density at radius 1 is 1.40 bits per heavy atom. The van der Waals surface area contributed by atoms with Crippen molar-refractivity contribution in [1.29, 1.82) is 0 Å². The predicted octanol–water partition coefficient (Wildman–Crippen LogP) is 2.20. The number of hydrogen-bond acceptors (Lipinski definition) is 3. The third-order valence-electron chi connectivity index (χ3n) is 2.52. The predicted molar refractivity (Wildman–Crippen MR) is 69.1 cm³/mol. The summed E-state index contributed by atoms with van der Waals surface area (Å²) in [6.07, 6.45) is 0.168. The van der Waals surface area contributed by atoms with E-state index in [4.69, 9.17) is 0 Å². The Morgan fingerprint density at radius 2 is 2.05 bits per heavy atom.